The lowest BCUT2D eigenvalue weighted by Crippen LogP contribution is -2.31. The van der Waals surface area contributed by atoms with Gasteiger partial charge in [-0.2, -0.15) is 0 Å². The molecule has 1 N–H and O–H groups in total. The number of hydrogen-bond acceptors (Lipinski definition) is 4. The smallest absolute Gasteiger partial charge is 0.226 e. The Bertz CT molecular complexity index is 526. The quantitative estimate of drug-likeness (QED) is 0.746. The van der Waals surface area contributed by atoms with E-state index < -0.39 is 0 Å². The summed E-state index contributed by atoms with van der Waals surface area (Å²) in [6, 6.07) is 4.12. The number of furan rings is 1. The Kier molecular flexibility index (Phi) is 4.54. The maximum Gasteiger partial charge on any atom is 0.226 e. The van der Waals surface area contributed by atoms with Crippen molar-refractivity contribution in [1.82, 2.24) is 4.90 Å². The number of aliphatic hydroxyl groups is 1. The fourth-order valence-corrected chi connectivity index (χ4v) is 3.03. The first-order chi connectivity index (χ1) is 10.6. The predicted octanol–water partition coefficient (Wildman–Crippen LogP) is 1.97. The monoisotopic (exact) mass is 307 g/mol. The summed E-state index contributed by atoms with van der Waals surface area (Å²) in [7, 11) is 1.81. The highest BCUT2D eigenvalue weighted by Gasteiger charge is 2.47. The van der Waals surface area contributed by atoms with Gasteiger partial charge in [0.05, 0.1) is 19.8 Å². The van der Waals surface area contributed by atoms with Crippen LogP contribution in [0.15, 0.2) is 16.5 Å². The molecule has 1 aromatic heterocycles. The van der Waals surface area contributed by atoms with Crippen molar-refractivity contribution in [3.05, 3.63) is 23.7 Å². The maximum absolute atomic E-state index is 12.3. The Hall–Kier alpha value is -1.33. The average Bonchev–Trinajstić information content (AvgIpc) is 3.41. The molecule has 0 radical (unpaired) electrons. The fraction of sp³-hybridized carbons (Fsp3) is 0.706. The van der Waals surface area contributed by atoms with E-state index in [1.807, 2.05) is 6.07 Å². The van der Waals surface area contributed by atoms with E-state index in [0.29, 0.717) is 25.7 Å². The van der Waals surface area contributed by atoms with Crippen LogP contribution in [0.4, 0.5) is 0 Å². The molecule has 0 bridgehead atoms. The summed E-state index contributed by atoms with van der Waals surface area (Å²) >= 11 is 0. The third-order valence-corrected chi connectivity index (χ3v) is 4.78. The largest absolute Gasteiger partial charge is 0.465 e. The van der Waals surface area contributed by atoms with Crippen molar-refractivity contribution in [2.24, 2.45) is 11.8 Å². The molecule has 22 heavy (non-hydrogen) atoms. The van der Waals surface area contributed by atoms with Gasteiger partial charge < -0.3 is 19.2 Å². The predicted molar refractivity (Wildman–Crippen MR) is 81.6 cm³/mol. The zero-order valence-corrected chi connectivity index (χ0v) is 13.3. The van der Waals surface area contributed by atoms with E-state index in [2.05, 4.69) is 13.0 Å². The molecule has 1 amide bonds. The van der Waals surface area contributed by atoms with Crippen molar-refractivity contribution in [3.63, 3.8) is 0 Å². The number of hydrogen-bond donors (Lipinski definition) is 1. The average molecular weight is 307 g/mol. The molecule has 0 saturated heterocycles. The van der Waals surface area contributed by atoms with Crippen LogP contribution in [-0.4, -0.2) is 49.3 Å². The minimum absolute atomic E-state index is 0.0167. The van der Waals surface area contributed by atoms with Crippen molar-refractivity contribution in [1.29, 1.82) is 0 Å². The first-order valence-electron chi connectivity index (χ1n) is 8.15. The standard InChI is InChI=1S/C17H25NO4/c1-11-9-12(11)15-3-4-16(22-15)13-10-14(13)17(20)18(2)5-7-21-8-6-19/h3-4,11-14,19H,5-10H2,1-2H3. The van der Waals surface area contributed by atoms with E-state index in [4.69, 9.17) is 14.3 Å². The number of amides is 1. The summed E-state index contributed by atoms with van der Waals surface area (Å²) in [5, 5.41) is 8.65. The van der Waals surface area contributed by atoms with Gasteiger partial charge in [0.1, 0.15) is 11.5 Å². The van der Waals surface area contributed by atoms with Crippen molar-refractivity contribution >= 4 is 5.91 Å². The number of rotatable bonds is 8. The van der Waals surface area contributed by atoms with E-state index >= 15 is 0 Å². The zero-order valence-electron chi connectivity index (χ0n) is 13.3. The number of aliphatic hydroxyl groups excluding tert-OH is 1. The van der Waals surface area contributed by atoms with Crippen LogP contribution in [0.1, 0.15) is 43.1 Å². The van der Waals surface area contributed by atoms with Gasteiger partial charge in [-0.15, -0.1) is 0 Å². The third kappa shape index (κ3) is 3.36. The lowest BCUT2D eigenvalue weighted by Gasteiger charge is -2.17. The van der Waals surface area contributed by atoms with Crippen molar-refractivity contribution in [2.45, 2.75) is 31.6 Å². The van der Waals surface area contributed by atoms with Gasteiger partial charge in [0, 0.05) is 31.3 Å². The number of nitrogens with zero attached hydrogens (tertiary/aromatic N) is 1. The molecule has 1 aromatic rings. The van der Waals surface area contributed by atoms with Crippen LogP contribution >= 0.6 is 0 Å². The lowest BCUT2D eigenvalue weighted by atomic mass is 10.2. The summed E-state index contributed by atoms with van der Waals surface area (Å²) in [5.74, 6) is 3.85. The first-order valence-corrected chi connectivity index (χ1v) is 8.15. The van der Waals surface area contributed by atoms with E-state index in [1.54, 1.807) is 11.9 Å². The number of likely N-dealkylation sites (N-methyl/N-ethyl adjacent to an activating group) is 1. The number of carbonyl (C=O) groups is 1. The second-order valence-electron chi connectivity index (χ2n) is 6.60. The highest BCUT2D eigenvalue weighted by atomic mass is 16.5. The van der Waals surface area contributed by atoms with Crippen molar-refractivity contribution < 1.29 is 19.1 Å². The summed E-state index contributed by atoms with van der Waals surface area (Å²) in [5.41, 5.74) is 0. The van der Waals surface area contributed by atoms with Gasteiger partial charge in [-0.05, 0) is 30.9 Å². The van der Waals surface area contributed by atoms with E-state index in [1.165, 1.54) is 6.42 Å². The van der Waals surface area contributed by atoms with Gasteiger partial charge in [-0.1, -0.05) is 6.92 Å². The molecule has 4 atom stereocenters. The molecule has 1 heterocycles. The van der Waals surface area contributed by atoms with Gasteiger partial charge in [-0.25, -0.2) is 0 Å². The van der Waals surface area contributed by atoms with Crippen molar-refractivity contribution in [3.8, 4) is 0 Å². The van der Waals surface area contributed by atoms with Gasteiger partial charge >= 0.3 is 0 Å². The molecule has 4 unspecified atom stereocenters. The Balaban J connectivity index is 1.46. The van der Waals surface area contributed by atoms with Gasteiger partial charge in [-0.3, -0.25) is 4.79 Å². The Morgan fingerprint density at radius 2 is 2.00 bits per heavy atom. The lowest BCUT2D eigenvalue weighted by molar-refractivity contribution is -0.132. The van der Waals surface area contributed by atoms with E-state index in [9.17, 15) is 4.79 Å². The topological polar surface area (TPSA) is 62.9 Å². The van der Waals surface area contributed by atoms with Crippen LogP contribution in [0.5, 0.6) is 0 Å². The summed E-state index contributed by atoms with van der Waals surface area (Å²) in [6.45, 7) is 3.60. The van der Waals surface area contributed by atoms with Crippen molar-refractivity contribution in [2.75, 3.05) is 33.4 Å². The van der Waals surface area contributed by atoms with Crippen LogP contribution in [0, 0.1) is 11.8 Å². The molecule has 2 saturated carbocycles. The second-order valence-corrected chi connectivity index (χ2v) is 6.60. The van der Waals surface area contributed by atoms with Gasteiger partial charge in [0.25, 0.3) is 0 Å². The normalized spacial score (nSPS) is 29.4. The molecule has 5 nitrogen and oxygen atoms in total. The molecular formula is C17H25NO4. The minimum atomic E-state index is 0.0167. The highest BCUT2D eigenvalue weighted by Crippen LogP contribution is 2.52. The maximum atomic E-state index is 12.3. The molecule has 0 spiro atoms. The summed E-state index contributed by atoms with van der Waals surface area (Å²) in [6.07, 6.45) is 2.10. The summed E-state index contributed by atoms with van der Waals surface area (Å²) in [4.78, 5) is 14.1. The zero-order chi connectivity index (χ0) is 15.7. The molecule has 2 aliphatic rings. The van der Waals surface area contributed by atoms with Gasteiger partial charge in [0.15, 0.2) is 0 Å². The van der Waals surface area contributed by atoms with Crippen LogP contribution in [0.25, 0.3) is 0 Å². The Morgan fingerprint density at radius 1 is 1.32 bits per heavy atom. The third-order valence-electron chi connectivity index (χ3n) is 4.78. The Morgan fingerprint density at radius 3 is 2.64 bits per heavy atom. The van der Waals surface area contributed by atoms with Gasteiger partial charge in [0.2, 0.25) is 5.91 Å². The molecule has 0 aromatic carbocycles. The van der Waals surface area contributed by atoms with Crippen LogP contribution in [0.2, 0.25) is 0 Å². The molecular weight excluding hydrogens is 282 g/mol. The molecule has 2 fully saturated rings. The summed E-state index contributed by atoms with van der Waals surface area (Å²) < 4.78 is 11.2. The minimum Gasteiger partial charge on any atom is -0.465 e. The van der Waals surface area contributed by atoms with E-state index in [0.717, 1.165) is 23.9 Å². The first kappa shape index (κ1) is 15.6. The number of ether oxygens (including phenoxy) is 1. The van der Waals surface area contributed by atoms with Crippen LogP contribution < -0.4 is 0 Å². The van der Waals surface area contributed by atoms with Crippen LogP contribution in [0.3, 0.4) is 0 Å². The second kappa shape index (κ2) is 6.42. The number of carbonyl (C=O) groups excluding carboxylic acids is 1. The molecule has 5 heteroatoms. The molecule has 3 rings (SSSR count). The Labute approximate surface area is 131 Å². The molecule has 2 aliphatic carbocycles. The van der Waals surface area contributed by atoms with Crippen LogP contribution in [-0.2, 0) is 9.53 Å². The fourth-order valence-electron chi connectivity index (χ4n) is 3.03. The van der Waals surface area contributed by atoms with E-state index in [-0.39, 0.29) is 24.3 Å². The molecule has 0 aliphatic heterocycles. The molecule has 122 valence electrons. The highest BCUT2D eigenvalue weighted by molar-refractivity contribution is 5.82. The SMILES string of the molecule is CC1CC1c1ccc(C2CC2C(=O)N(C)CCOCCO)o1.